The number of aromatic hydroxyl groups is 1. The molecule has 11 heavy (non-hydrogen) atoms. The molecule has 0 fully saturated rings. The van der Waals surface area contributed by atoms with E-state index >= 15 is 0 Å². The summed E-state index contributed by atoms with van der Waals surface area (Å²) in [4.78, 5) is 0. The maximum Gasteiger partial charge on any atom is 0.165 e. The largest absolute Gasteiger partial charge is 0.505 e. The fourth-order valence-electron chi connectivity index (χ4n) is 0.777. The molecule has 1 aromatic carbocycles. The average Bonchev–Trinajstić information content (AvgIpc) is 1.99. The molecule has 1 aromatic rings. The minimum atomic E-state index is -0.855. The first-order chi connectivity index (χ1) is 5.16. The van der Waals surface area contributed by atoms with E-state index in [1.807, 2.05) is 0 Å². The summed E-state index contributed by atoms with van der Waals surface area (Å²) >= 11 is 0. The smallest absolute Gasteiger partial charge is 0.165 e. The normalized spacial score (nSPS) is 10.1. The fraction of sp³-hybridized carbons (Fsp3) is 0.143. The number of phenols is 1. The summed E-state index contributed by atoms with van der Waals surface area (Å²) in [7, 11) is 0. The third-order valence-electron chi connectivity index (χ3n) is 1.38. The quantitative estimate of drug-likeness (QED) is 0.645. The lowest BCUT2D eigenvalue weighted by atomic mass is 10.2. The summed E-state index contributed by atoms with van der Waals surface area (Å²) in [5.74, 6) is -2.24. The van der Waals surface area contributed by atoms with Crippen LogP contribution in [0.5, 0.6) is 5.75 Å². The molecule has 0 amide bonds. The molecule has 0 unspecified atom stereocenters. The van der Waals surface area contributed by atoms with E-state index in [-0.39, 0.29) is 12.1 Å². The van der Waals surface area contributed by atoms with Gasteiger partial charge in [0, 0.05) is 12.1 Å². The Morgan fingerprint density at radius 3 is 2.27 bits per heavy atom. The van der Waals surface area contributed by atoms with Gasteiger partial charge in [-0.15, -0.1) is 0 Å². The Kier molecular flexibility index (Phi) is 2.05. The first kappa shape index (κ1) is 7.94. The lowest BCUT2D eigenvalue weighted by molar-refractivity contribution is 0.418. The molecule has 0 aliphatic carbocycles. The standard InChI is InChI=1S/C7H7F2NO/c8-5-1-2-6(9)7(11)4(5)3-10/h1-2,11H,3,10H2. The molecule has 0 spiro atoms. The molecule has 0 aliphatic heterocycles. The Balaban J connectivity index is 3.29. The van der Waals surface area contributed by atoms with Crippen molar-refractivity contribution >= 4 is 0 Å². The van der Waals surface area contributed by atoms with Gasteiger partial charge in [0.05, 0.1) is 0 Å². The molecule has 1 rings (SSSR count). The van der Waals surface area contributed by atoms with Gasteiger partial charge in [-0.2, -0.15) is 0 Å². The van der Waals surface area contributed by atoms with Crippen LogP contribution in [0.25, 0.3) is 0 Å². The molecule has 0 aromatic heterocycles. The van der Waals surface area contributed by atoms with Crippen LogP contribution >= 0.6 is 0 Å². The van der Waals surface area contributed by atoms with E-state index in [1.165, 1.54) is 0 Å². The highest BCUT2D eigenvalue weighted by Crippen LogP contribution is 2.22. The van der Waals surface area contributed by atoms with Crippen LogP contribution in [0.2, 0.25) is 0 Å². The summed E-state index contributed by atoms with van der Waals surface area (Å²) in [6, 6.07) is 1.78. The van der Waals surface area contributed by atoms with E-state index in [4.69, 9.17) is 10.8 Å². The zero-order chi connectivity index (χ0) is 8.43. The number of halogens is 2. The van der Waals surface area contributed by atoms with Crippen LogP contribution < -0.4 is 5.73 Å². The first-order valence-corrected chi connectivity index (χ1v) is 3.02. The monoisotopic (exact) mass is 159 g/mol. The van der Waals surface area contributed by atoms with Crippen molar-refractivity contribution in [2.45, 2.75) is 6.54 Å². The van der Waals surface area contributed by atoms with Crippen LogP contribution in [0.1, 0.15) is 5.56 Å². The highest BCUT2D eigenvalue weighted by molar-refractivity contribution is 5.34. The fourth-order valence-corrected chi connectivity index (χ4v) is 0.777. The van der Waals surface area contributed by atoms with Crippen molar-refractivity contribution in [2.75, 3.05) is 0 Å². The summed E-state index contributed by atoms with van der Waals surface area (Å²) in [5, 5.41) is 8.88. The first-order valence-electron chi connectivity index (χ1n) is 3.02. The van der Waals surface area contributed by atoms with Gasteiger partial charge < -0.3 is 10.8 Å². The molecule has 0 heterocycles. The number of phenolic OH excluding ortho intramolecular Hbond substituents is 1. The molecule has 0 saturated heterocycles. The Hall–Kier alpha value is -1.16. The predicted octanol–water partition coefficient (Wildman–Crippen LogP) is 1.13. The third-order valence-corrected chi connectivity index (χ3v) is 1.38. The lowest BCUT2D eigenvalue weighted by Crippen LogP contribution is -2.01. The minimum Gasteiger partial charge on any atom is -0.505 e. The molecule has 4 heteroatoms. The minimum absolute atomic E-state index is 0.190. The van der Waals surface area contributed by atoms with Crippen LogP contribution in [0.3, 0.4) is 0 Å². The van der Waals surface area contributed by atoms with Gasteiger partial charge in [-0.25, -0.2) is 8.78 Å². The molecule has 0 radical (unpaired) electrons. The van der Waals surface area contributed by atoms with Crippen molar-refractivity contribution in [1.29, 1.82) is 0 Å². The van der Waals surface area contributed by atoms with Crippen molar-refractivity contribution in [3.05, 3.63) is 29.3 Å². The van der Waals surface area contributed by atoms with E-state index in [0.29, 0.717) is 0 Å². The molecule has 60 valence electrons. The molecule has 0 saturated carbocycles. The average molecular weight is 159 g/mol. The van der Waals surface area contributed by atoms with Crippen LogP contribution in [-0.4, -0.2) is 5.11 Å². The summed E-state index contributed by atoms with van der Waals surface area (Å²) in [6.07, 6.45) is 0. The molecule has 0 atom stereocenters. The van der Waals surface area contributed by atoms with Gasteiger partial charge in [0.15, 0.2) is 11.6 Å². The Labute approximate surface area is 62.3 Å². The zero-order valence-corrected chi connectivity index (χ0v) is 5.64. The summed E-state index contributed by atoms with van der Waals surface area (Å²) < 4.78 is 25.1. The third kappa shape index (κ3) is 1.30. The van der Waals surface area contributed by atoms with E-state index in [2.05, 4.69) is 0 Å². The maximum atomic E-state index is 12.6. The highest BCUT2D eigenvalue weighted by Gasteiger charge is 2.10. The van der Waals surface area contributed by atoms with Crippen LogP contribution in [0.4, 0.5) is 8.78 Å². The number of benzene rings is 1. The van der Waals surface area contributed by atoms with Gasteiger partial charge in [0.1, 0.15) is 5.82 Å². The molecule has 3 N–H and O–H groups in total. The van der Waals surface area contributed by atoms with E-state index in [1.54, 1.807) is 0 Å². The summed E-state index contributed by atoms with van der Waals surface area (Å²) in [6.45, 7) is -0.213. The van der Waals surface area contributed by atoms with Gasteiger partial charge in [-0.1, -0.05) is 0 Å². The van der Waals surface area contributed by atoms with Gasteiger partial charge in [0.2, 0.25) is 0 Å². The zero-order valence-electron chi connectivity index (χ0n) is 5.64. The summed E-state index contributed by atoms with van der Waals surface area (Å²) in [5.41, 5.74) is 4.86. The SMILES string of the molecule is NCc1c(F)ccc(F)c1O. The second kappa shape index (κ2) is 2.84. The van der Waals surface area contributed by atoms with Gasteiger partial charge in [-0.3, -0.25) is 0 Å². The van der Waals surface area contributed by atoms with Crippen molar-refractivity contribution in [3.8, 4) is 5.75 Å². The molecular weight excluding hydrogens is 152 g/mol. The van der Waals surface area contributed by atoms with Gasteiger partial charge in [0.25, 0.3) is 0 Å². The van der Waals surface area contributed by atoms with Crippen molar-refractivity contribution in [2.24, 2.45) is 5.73 Å². The van der Waals surface area contributed by atoms with Crippen molar-refractivity contribution in [3.63, 3.8) is 0 Å². The maximum absolute atomic E-state index is 12.6. The predicted molar refractivity (Wildman–Crippen MR) is 35.9 cm³/mol. The Morgan fingerprint density at radius 1 is 1.27 bits per heavy atom. The number of nitrogens with two attached hydrogens (primary N) is 1. The van der Waals surface area contributed by atoms with Crippen molar-refractivity contribution in [1.82, 2.24) is 0 Å². The second-order valence-electron chi connectivity index (χ2n) is 2.06. The van der Waals surface area contributed by atoms with Crippen LogP contribution in [0.15, 0.2) is 12.1 Å². The van der Waals surface area contributed by atoms with Crippen LogP contribution in [0, 0.1) is 11.6 Å². The van der Waals surface area contributed by atoms with Gasteiger partial charge in [-0.05, 0) is 12.1 Å². The number of rotatable bonds is 1. The molecule has 0 aliphatic rings. The molecule has 0 bridgehead atoms. The highest BCUT2D eigenvalue weighted by atomic mass is 19.1. The van der Waals surface area contributed by atoms with Crippen LogP contribution in [-0.2, 0) is 6.54 Å². The molecule has 2 nitrogen and oxygen atoms in total. The number of hydrogen-bond donors (Lipinski definition) is 2. The van der Waals surface area contributed by atoms with E-state index in [0.717, 1.165) is 12.1 Å². The van der Waals surface area contributed by atoms with E-state index < -0.39 is 17.4 Å². The topological polar surface area (TPSA) is 46.2 Å². The second-order valence-corrected chi connectivity index (χ2v) is 2.06. The van der Waals surface area contributed by atoms with E-state index in [9.17, 15) is 8.78 Å². The number of hydrogen-bond acceptors (Lipinski definition) is 2. The lowest BCUT2D eigenvalue weighted by Gasteiger charge is -2.02. The van der Waals surface area contributed by atoms with Crippen molar-refractivity contribution < 1.29 is 13.9 Å². The Bertz CT molecular complexity index is 275. The Morgan fingerprint density at radius 2 is 1.82 bits per heavy atom. The molecular formula is C7H7F2NO. The van der Waals surface area contributed by atoms with Gasteiger partial charge >= 0.3 is 0 Å².